The van der Waals surface area contributed by atoms with Gasteiger partial charge in [0.2, 0.25) is 0 Å². The second-order valence-corrected chi connectivity index (χ2v) is 5.51. The van der Waals surface area contributed by atoms with Gasteiger partial charge in [-0.15, -0.1) is 0 Å². The lowest BCUT2D eigenvalue weighted by Gasteiger charge is -2.11. The molecule has 0 fully saturated rings. The molecule has 2 aromatic carbocycles. The Morgan fingerprint density at radius 3 is 2.08 bits per heavy atom. The topological polar surface area (TPSA) is 82.3 Å². The SMILES string of the molecule is O=C(NSc1ccccc1)Nc1ccc(NNC(=O)C(F)(F)F)cc1. The molecule has 0 aliphatic heterocycles. The van der Waals surface area contributed by atoms with E-state index in [4.69, 9.17) is 0 Å². The van der Waals surface area contributed by atoms with Crippen LogP contribution in [-0.4, -0.2) is 18.1 Å². The normalized spacial score (nSPS) is 10.7. The number of halogens is 3. The van der Waals surface area contributed by atoms with E-state index in [2.05, 4.69) is 15.5 Å². The van der Waals surface area contributed by atoms with Gasteiger partial charge >= 0.3 is 18.1 Å². The van der Waals surface area contributed by atoms with Gasteiger partial charge in [0.25, 0.3) is 0 Å². The van der Waals surface area contributed by atoms with Crippen molar-refractivity contribution in [2.24, 2.45) is 0 Å². The van der Waals surface area contributed by atoms with Gasteiger partial charge in [0.1, 0.15) is 0 Å². The molecule has 0 saturated heterocycles. The van der Waals surface area contributed by atoms with Crippen molar-refractivity contribution in [3.8, 4) is 0 Å². The zero-order valence-corrected chi connectivity index (χ0v) is 13.4. The van der Waals surface area contributed by atoms with E-state index in [1.54, 1.807) is 0 Å². The van der Waals surface area contributed by atoms with E-state index in [-0.39, 0.29) is 5.69 Å². The van der Waals surface area contributed by atoms with Crippen molar-refractivity contribution in [2.45, 2.75) is 11.1 Å². The summed E-state index contributed by atoms with van der Waals surface area (Å²) in [5.74, 6) is -2.10. The third-order valence-corrected chi connectivity index (χ3v) is 3.52. The zero-order chi connectivity index (χ0) is 18.3. The van der Waals surface area contributed by atoms with Crippen LogP contribution in [0.25, 0.3) is 0 Å². The van der Waals surface area contributed by atoms with Crippen molar-refractivity contribution in [1.29, 1.82) is 0 Å². The molecule has 0 atom stereocenters. The Bertz CT molecular complexity index is 724. The van der Waals surface area contributed by atoms with E-state index in [1.165, 1.54) is 29.7 Å². The monoisotopic (exact) mass is 370 g/mol. The van der Waals surface area contributed by atoms with Crippen LogP contribution in [0.4, 0.5) is 29.3 Å². The summed E-state index contributed by atoms with van der Waals surface area (Å²) in [6.07, 6.45) is -4.97. The first-order chi connectivity index (χ1) is 11.8. The Morgan fingerprint density at radius 1 is 0.880 bits per heavy atom. The lowest BCUT2D eigenvalue weighted by atomic mass is 10.3. The van der Waals surface area contributed by atoms with Crippen LogP contribution in [0.2, 0.25) is 0 Å². The van der Waals surface area contributed by atoms with Gasteiger partial charge in [-0.2, -0.15) is 13.2 Å². The fraction of sp³-hybridized carbons (Fsp3) is 0.0667. The molecule has 2 rings (SSSR count). The lowest BCUT2D eigenvalue weighted by molar-refractivity contribution is -0.173. The van der Waals surface area contributed by atoms with Crippen LogP contribution in [0.15, 0.2) is 59.5 Å². The zero-order valence-electron chi connectivity index (χ0n) is 12.6. The predicted molar refractivity (Wildman–Crippen MR) is 88.7 cm³/mol. The molecule has 0 heterocycles. The van der Waals surface area contributed by atoms with Crippen LogP contribution < -0.4 is 20.9 Å². The van der Waals surface area contributed by atoms with Gasteiger partial charge in [0, 0.05) is 10.6 Å². The molecule has 0 aromatic heterocycles. The first kappa shape index (κ1) is 18.5. The van der Waals surface area contributed by atoms with Gasteiger partial charge in [-0.25, -0.2) is 4.79 Å². The van der Waals surface area contributed by atoms with Gasteiger partial charge < -0.3 is 5.32 Å². The largest absolute Gasteiger partial charge is 0.472 e. The van der Waals surface area contributed by atoms with Gasteiger partial charge in [-0.1, -0.05) is 18.2 Å². The molecular weight excluding hydrogens is 357 g/mol. The van der Waals surface area contributed by atoms with Crippen LogP contribution in [-0.2, 0) is 4.79 Å². The number of hydrogen-bond donors (Lipinski definition) is 4. The summed E-state index contributed by atoms with van der Waals surface area (Å²) >= 11 is 1.14. The van der Waals surface area contributed by atoms with Crippen molar-refractivity contribution >= 4 is 35.3 Å². The molecule has 4 N–H and O–H groups in total. The second-order valence-electron chi connectivity index (χ2n) is 4.63. The van der Waals surface area contributed by atoms with E-state index in [0.29, 0.717) is 5.69 Å². The van der Waals surface area contributed by atoms with Crippen LogP contribution in [0.1, 0.15) is 0 Å². The summed E-state index contributed by atoms with van der Waals surface area (Å²) in [4.78, 5) is 23.3. The molecule has 0 bridgehead atoms. The average Bonchev–Trinajstić information content (AvgIpc) is 2.59. The highest BCUT2D eigenvalue weighted by atomic mass is 32.2. The van der Waals surface area contributed by atoms with E-state index >= 15 is 0 Å². The Balaban J connectivity index is 1.79. The number of carbonyl (C=O) groups is 2. The molecule has 0 saturated carbocycles. The third kappa shape index (κ3) is 6.26. The summed E-state index contributed by atoms with van der Waals surface area (Å²) < 4.78 is 38.7. The Morgan fingerprint density at radius 2 is 1.48 bits per heavy atom. The van der Waals surface area contributed by atoms with E-state index in [0.717, 1.165) is 16.8 Å². The second kappa shape index (κ2) is 8.29. The fourth-order valence-corrected chi connectivity index (χ4v) is 2.14. The van der Waals surface area contributed by atoms with Crippen molar-refractivity contribution < 1.29 is 22.8 Å². The molecule has 0 spiro atoms. The minimum Gasteiger partial charge on any atom is -0.307 e. The maximum absolute atomic E-state index is 12.0. The molecule has 0 unspecified atom stereocenters. The molecule has 10 heteroatoms. The number of carbonyl (C=O) groups excluding carboxylic acids is 2. The van der Waals surface area contributed by atoms with Gasteiger partial charge in [0.15, 0.2) is 0 Å². The molecule has 2 aromatic rings. The number of hydrazine groups is 1. The maximum Gasteiger partial charge on any atom is 0.472 e. The number of anilines is 2. The van der Waals surface area contributed by atoms with Gasteiger partial charge in [-0.05, 0) is 48.3 Å². The number of nitrogens with one attached hydrogen (secondary N) is 4. The smallest absolute Gasteiger partial charge is 0.307 e. The van der Waals surface area contributed by atoms with Gasteiger partial charge in [0.05, 0.1) is 5.69 Å². The molecule has 3 amide bonds. The maximum atomic E-state index is 12.0. The summed E-state index contributed by atoms with van der Waals surface area (Å²) in [5.41, 5.74) is 4.30. The van der Waals surface area contributed by atoms with Crippen LogP contribution in [0.3, 0.4) is 0 Å². The summed E-state index contributed by atoms with van der Waals surface area (Å²) in [5, 5.41) is 2.56. The quantitative estimate of drug-likeness (QED) is 0.479. The number of rotatable bonds is 5. The fourth-order valence-electron chi connectivity index (χ4n) is 1.59. The predicted octanol–water partition coefficient (Wildman–Crippen LogP) is 3.52. The molecule has 0 aliphatic carbocycles. The highest BCUT2D eigenvalue weighted by molar-refractivity contribution is 7.98. The number of benzene rings is 2. The summed E-state index contributed by atoms with van der Waals surface area (Å²) in [7, 11) is 0. The lowest BCUT2D eigenvalue weighted by Crippen LogP contribution is -2.40. The summed E-state index contributed by atoms with van der Waals surface area (Å²) in [6.45, 7) is 0. The van der Waals surface area contributed by atoms with Crippen molar-refractivity contribution in [1.82, 2.24) is 10.1 Å². The number of hydrogen-bond acceptors (Lipinski definition) is 4. The van der Waals surface area contributed by atoms with Crippen molar-refractivity contribution in [3.05, 3.63) is 54.6 Å². The third-order valence-electron chi connectivity index (χ3n) is 2.73. The van der Waals surface area contributed by atoms with Crippen molar-refractivity contribution in [3.63, 3.8) is 0 Å². The minimum absolute atomic E-state index is 0.224. The molecule has 6 nitrogen and oxygen atoms in total. The first-order valence-corrected chi connectivity index (χ1v) is 7.68. The molecule has 0 radical (unpaired) electrons. The minimum atomic E-state index is -4.97. The molecular formula is C15H13F3N4O2S. The van der Waals surface area contributed by atoms with Crippen LogP contribution in [0, 0.1) is 0 Å². The van der Waals surface area contributed by atoms with E-state index < -0.39 is 18.1 Å². The molecule has 25 heavy (non-hydrogen) atoms. The Kier molecular flexibility index (Phi) is 6.12. The Hall–Kier alpha value is -2.88. The molecule has 132 valence electrons. The highest BCUT2D eigenvalue weighted by Crippen LogP contribution is 2.17. The number of urea groups is 1. The van der Waals surface area contributed by atoms with E-state index in [1.807, 2.05) is 30.3 Å². The Labute approximate surface area is 145 Å². The highest BCUT2D eigenvalue weighted by Gasteiger charge is 2.38. The number of alkyl halides is 3. The van der Waals surface area contributed by atoms with Gasteiger partial charge in [-0.3, -0.25) is 20.4 Å². The first-order valence-electron chi connectivity index (χ1n) is 6.87. The molecule has 0 aliphatic rings. The van der Waals surface area contributed by atoms with Crippen LogP contribution >= 0.6 is 11.9 Å². The number of amides is 3. The van der Waals surface area contributed by atoms with Crippen LogP contribution in [0.5, 0.6) is 0 Å². The van der Waals surface area contributed by atoms with E-state index in [9.17, 15) is 22.8 Å². The standard InChI is InChI=1S/C15H13F3N4O2S/c16-15(17,18)13(23)21-20-11-8-6-10(7-9-11)19-14(24)22-25-12-4-2-1-3-5-12/h1-9,20H,(H,21,23)(H2,19,22,24). The van der Waals surface area contributed by atoms with Crippen molar-refractivity contribution in [2.75, 3.05) is 10.7 Å². The average molecular weight is 370 g/mol. The summed E-state index contributed by atoms with van der Waals surface area (Å²) in [6, 6.07) is 14.5.